The molecule has 0 rings (SSSR count). The van der Waals surface area contributed by atoms with Crippen LogP contribution in [0.4, 0.5) is 0 Å². The van der Waals surface area contributed by atoms with Crippen molar-refractivity contribution in [2.24, 2.45) is 0 Å². The molecule has 14 heavy (non-hydrogen) atoms. The number of hydrogen-bond donors (Lipinski definition) is 2. The van der Waals surface area contributed by atoms with Crippen molar-refractivity contribution < 1.29 is 9.84 Å². The standard InChI is InChI=1S/C11H25NO2/c1-5-7-12-10(8-13)9-14-11(3,4)6-2/h10,12-13H,5-9H2,1-4H3. The molecule has 3 heteroatoms. The molecule has 0 aromatic carbocycles. The van der Waals surface area contributed by atoms with Gasteiger partial charge in [0.05, 0.1) is 24.9 Å². The van der Waals surface area contributed by atoms with E-state index in [-0.39, 0.29) is 18.2 Å². The molecule has 0 bridgehead atoms. The minimum atomic E-state index is -0.0820. The maximum absolute atomic E-state index is 9.08. The Morgan fingerprint density at radius 2 is 2.00 bits per heavy atom. The third-order valence-electron chi connectivity index (χ3n) is 2.43. The third-order valence-corrected chi connectivity index (χ3v) is 2.43. The number of nitrogens with one attached hydrogen (secondary N) is 1. The van der Waals surface area contributed by atoms with Gasteiger partial charge in [-0.1, -0.05) is 13.8 Å². The van der Waals surface area contributed by atoms with Crippen molar-refractivity contribution in [2.75, 3.05) is 19.8 Å². The van der Waals surface area contributed by atoms with Crippen LogP contribution in [0.2, 0.25) is 0 Å². The van der Waals surface area contributed by atoms with E-state index in [1.54, 1.807) is 0 Å². The maximum Gasteiger partial charge on any atom is 0.0649 e. The minimum absolute atomic E-state index is 0.0702. The largest absolute Gasteiger partial charge is 0.395 e. The number of rotatable bonds is 8. The molecule has 1 atom stereocenters. The molecular weight excluding hydrogens is 178 g/mol. The molecule has 0 spiro atoms. The maximum atomic E-state index is 9.08. The highest BCUT2D eigenvalue weighted by Gasteiger charge is 2.17. The van der Waals surface area contributed by atoms with Gasteiger partial charge in [-0.05, 0) is 33.2 Å². The summed E-state index contributed by atoms with van der Waals surface area (Å²) < 4.78 is 5.71. The van der Waals surface area contributed by atoms with Crippen LogP contribution in [0.1, 0.15) is 40.5 Å². The topological polar surface area (TPSA) is 41.5 Å². The van der Waals surface area contributed by atoms with Crippen LogP contribution in [0.3, 0.4) is 0 Å². The summed E-state index contributed by atoms with van der Waals surface area (Å²) in [6, 6.07) is 0.0702. The number of aliphatic hydroxyl groups is 1. The lowest BCUT2D eigenvalue weighted by Gasteiger charge is -2.26. The Morgan fingerprint density at radius 3 is 2.43 bits per heavy atom. The van der Waals surface area contributed by atoms with E-state index in [4.69, 9.17) is 9.84 Å². The van der Waals surface area contributed by atoms with Crippen molar-refractivity contribution in [1.82, 2.24) is 5.32 Å². The highest BCUT2D eigenvalue weighted by atomic mass is 16.5. The summed E-state index contributed by atoms with van der Waals surface area (Å²) in [5, 5.41) is 12.3. The van der Waals surface area contributed by atoms with Crippen molar-refractivity contribution in [3.05, 3.63) is 0 Å². The third kappa shape index (κ3) is 6.35. The lowest BCUT2D eigenvalue weighted by Crippen LogP contribution is -2.40. The first-order chi connectivity index (χ1) is 6.55. The molecule has 0 saturated carbocycles. The van der Waals surface area contributed by atoms with E-state index in [9.17, 15) is 0 Å². The zero-order valence-electron chi connectivity index (χ0n) is 9.97. The molecule has 0 aliphatic heterocycles. The van der Waals surface area contributed by atoms with E-state index in [2.05, 4.69) is 33.0 Å². The Morgan fingerprint density at radius 1 is 1.36 bits per heavy atom. The van der Waals surface area contributed by atoms with Crippen LogP contribution in [0, 0.1) is 0 Å². The second kappa shape index (κ2) is 7.21. The molecule has 0 aromatic heterocycles. The van der Waals surface area contributed by atoms with Crippen LogP contribution >= 0.6 is 0 Å². The molecule has 0 amide bonds. The smallest absolute Gasteiger partial charge is 0.0649 e. The summed E-state index contributed by atoms with van der Waals surface area (Å²) in [5.41, 5.74) is -0.0820. The summed E-state index contributed by atoms with van der Waals surface area (Å²) in [6.45, 7) is 10.0. The molecule has 0 heterocycles. The lowest BCUT2D eigenvalue weighted by atomic mass is 10.1. The molecule has 1 unspecified atom stereocenters. The summed E-state index contributed by atoms with van der Waals surface area (Å²) in [4.78, 5) is 0. The van der Waals surface area contributed by atoms with Crippen LogP contribution in [0.25, 0.3) is 0 Å². The van der Waals surface area contributed by atoms with E-state index >= 15 is 0 Å². The zero-order chi connectivity index (χ0) is 11.0. The summed E-state index contributed by atoms with van der Waals surface area (Å²) >= 11 is 0. The summed E-state index contributed by atoms with van der Waals surface area (Å²) in [7, 11) is 0. The summed E-state index contributed by atoms with van der Waals surface area (Å²) in [5.74, 6) is 0. The Kier molecular flexibility index (Phi) is 7.15. The number of hydrogen-bond acceptors (Lipinski definition) is 3. The fraction of sp³-hybridized carbons (Fsp3) is 1.00. The van der Waals surface area contributed by atoms with E-state index in [1.807, 2.05) is 0 Å². The van der Waals surface area contributed by atoms with Crippen molar-refractivity contribution in [2.45, 2.75) is 52.2 Å². The van der Waals surface area contributed by atoms with Gasteiger partial charge in [0.1, 0.15) is 0 Å². The average molecular weight is 203 g/mol. The highest BCUT2D eigenvalue weighted by Crippen LogP contribution is 2.13. The molecule has 0 radical (unpaired) electrons. The molecule has 0 aromatic rings. The van der Waals surface area contributed by atoms with E-state index in [0.29, 0.717) is 6.61 Å². The van der Waals surface area contributed by atoms with Gasteiger partial charge in [-0.3, -0.25) is 0 Å². The first-order valence-electron chi connectivity index (χ1n) is 5.54. The van der Waals surface area contributed by atoms with Crippen LogP contribution in [-0.2, 0) is 4.74 Å². The van der Waals surface area contributed by atoms with Gasteiger partial charge in [0.15, 0.2) is 0 Å². The SMILES string of the molecule is CCCNC(CO)COC(C)(C)CC. The van der Waals surface area contributed by atoms with Gasteiger partial charge in [-0.2, -0.15) is 0 Å². The van der Waals surface area contributed by atoms with Gasteiger partial charge in [0, 0.05) is 0 Å². The zero-order valence-corrected chi connectivity index (χ0v) is 9.97. The average Bonchev–Trinajstić information content (AvgIpc) is 2.18. The van der Waals surface area contributed by atoms with Crippen molar-refractivity contribution >= 4 is 0 Å². The molecular formula is C11H25NO2. The minimum Gasteiger partial charge on any atom is -0.395 e. The van der Waals surface area contributed by atoms with Crippen LogP contribution in [-0.4, -0.2) is 36.5 Å². The Labute approximate surface area is 87.8 Å². The van der Waals surface area contributed by atoms with Crippen LogP contribution < -0.4 is 5.32 Å². The van der Waals surface area contributed by atoms with Gasteiger partial charge < -0.3 is 15.2 Å². The first-order valence-corrected chi connectivity index (χ1v) is 5.54. The van der Waals surface area contributed by atoms with E-state index < -0.39 is 0 Å². The molecule has 0 aliphatic carbocycles. The molecule has 86 valence electrons. The Balaban J connectivity index is 3.71. The predicted molar refractivity (Wildman–Crippen MR) is 59.5 cm³/mol. The van der Waals surface area contributed by atoms with Crippen molar-refractivity contribution in [3.8, 4) is 0 Å². The second-order valence-electron chi connectivity index (χ2n) is 4.26. The predicted octanol–water partition coefficient (Wildman–Crippen LogP) is 1.55. The molecule has 3 nitrogen and oxygen atoms in total. The van der Waals surface area contributed by atoms with Crippen LogP contribution in [0.5, 0.6) is 0 Å². The Bertz CT molecular complexity index is 137. The monoisotopic (exact) mass is 203 g/mol. The molecule has 0 aliphatic rings. The van der Waals surface area contributed by atoms with Gasteiger partial charge in [-0.15, -0.1) is 0 Å². The fourth-order valence-electron chi connectivity index (χ4n) is 0.953. The first kappa shape index (κ1) is 13.9. The van der Waals surface area contributed by atoms with Crippen LogP contribution in [0.15, 0.2) is 0 Å². The van der Waals surface area contributed by atoms with Crippen molar-refractivity contribution in [3.63, 3.8) is 0 Å². The summed E-state index contributed by atoms with van der Waals surface area (Å²) in [6.07, 6.45) is 2.06. The lowest BCUT2D eigenvalue weighted by molar-refractivity contribution is -0.0362. The number of aliphatic hydroxyl groups excluding tert-OH is 1. The van der Waals surface area contributed by atoms with Gasteiger partial charge in [0.25, 0.3) is 0 Å². The molecule has 0 saturated heterocycles. The molecule has 2 N–H and O–H groups in total. The Hall–Kier alpha value is -0.120. The second-order valence-corrected chi connectivity index (χ2v) is 4.26. The highest BCUT2D eigenvalue weighted by molar-refractivity contribution is 4.70. The normalized spacial score (nSPS) is 14.4. The van der Waals surface area contributed by atoms with Crippen molar-refractivity contribution in [1.29, 1.82) is 0 Å². The van der Waals surface area contributed by atoms with Gasteiger partial charge in [-0.25, -0.2) is 0 Å². The molecule has 0 fully saturated rings. The van der Waals surface area contributed by atoms with Gasteiger partial charge >= 0.3 is 0 Å². The van der Waals surface area contributed by atoms with Gasteiger partial charge in [0.2, 0.25) is 0 Å². The number of ether oxygens (including phenoxy) is 1. The van der Waals surface area contributed by atoms with E-state index in [0.717, 1.165) is 19.4 Å². The van der Waals surface area contributed by atoms with E-state index in [1.165, 1.54) is 0 Å². The quantitative estimate of drug-likeness (QED) is 0.629. The fourth-order valence-corrected chi connectivity index (χ4v) is 0.953.